The lowest BCUT2D eigenvalue weighted by Gasteiger charge is -2.25. The first-order valence-electron chi connectivity index (χ1n) is 5.18. The number of hydrogen-bond donors (Lipinski definition) is 1. The maximum Gasteiger partial charge on any atom is 0.0206 e. The van der Waals surface area contributed by atoms with Crippen molar-refractivity contribution < 1.29 is 0 Å². The SMILES string of the molecule is CCC(CC)N1CC(C)C(N)C1. The van der Waals surface area contributed by atoms with E-state index < -0.39 is 0 Å². The minimum absolute atomic E-state index is 0.408. The van der Waals surface area contributed by atoms with Gasteiger partial charge in [-0.25, -0.2) is 0 Å². The third-order valence-electron chi connectivity index (χ3n) is 3.16. The molecule has 12 heavy (non-hydrogen) atoms. The zero-order valence-corrected chi connectivity index (χ0v) is 8.59. The molecule has 0 aromatic carbocycles. The van der Waals surface area contributed by atoms with Gasteiger partial charge >= 0.3 is 0 Å². The Balaban J connectivity index is 2.44. The lowest BCUT2D eigenvalue weighted by atomic mass is 10.1. The molecule has 2 nitrogen and oxygen atoms in total. The van der Waals surface area contributed by atoms with E-state index in [1.165, 1.54) is 19.4 Å². The fourth-order valence-corrected chi connectivity index (χ4v) is 2.13. The first-order valence-corrected chi connectivity index (χ1v) is 5.18. The molecule has 72 valence electrons. The summed E-state index contributed by atoms with van der Waals surface area (Å²) in [4.78, 5) is 2.55. The first kappa shape index (κ1) is 10.0. The molecule has 0 amide bonds. The van der Waals surface area contributed by atoms with Crippen molar-refractivity contribution in [2.24, 2.45) is 11.7 Å². The number of rotatable bonds is 3. The van der Waals surface area contributed by atoms with Crippen LogP contribution in [-0.4, -0.2) is 30.1 Å². The van der Waals surface area contributed by atoms with E-state index in [1.54, 1.807) is 0 Å². The van der Waals surface area contributed by atoms with Crippen molar-refractivity contribution in [1.82, 2.24) is 4.90 Å². The van der Waals surface area contributed by atoms with Gasteiger partial charge in [-0.3, -0.25) is 4.90 Å². The van der Waals surface area contributed by atoms with Gasteiger partial charge in [0.25, 0.3) is 0 Å². The molecule has 2 atom stereocenters. The molecule has 1 aliphatic rings. The smallest absolute Gasteiger partial charge is 0.0206 e. The summed E-state index contributed by atoms with van der Waals surface area (Å²) >= 11 is 0. The molecule has 0 aromatic heterocycles. The predicted molar refractivity (Wildman–Crippen MR) is 53.1 cm³/mol. The molecule has 1 aliphatic heterocycles. The molecule has 0 spiro atoms. The highest BCUT2D eigenvalue weighted by Crippen LogP contribution is 2.19. The van der Waals surface area contributed by atoms with E-state index in [-0.39, 0.29) is 0 Å². The summed E-state index contributed by atoms with van der Waals surface area (Å²) in [6.45, 7) is 9.10. The summed E-state index contributed by atoms with van der Waals surface area (Å²) in [5, 5.41) is 0. The van der Waals surface area contributed by atoms with Gasteiger partial charge in [0.15, 0.2) is 0 Å². The van der Waals surface area contributed by atoms with Gasteiger partial charge < -0.3 is 5.73 Å². The third-order valence-corrected chi connectivity index (χ3v) is 3.16. The van der Waals surface area contributed by atoms with Crippen LogP contribution in [0.2, 0.25) is 0 Å². The van der Waals surface area contributed by atoms with Crippen molar-refractivity contribution in [3.63, 3.8) is 0 Å². The van der Waals surface area contributed by atoms with Crippen molar-refractivity contribution >= 4 is 0 Å². The van der Waals surface area contributed by atoms with E-state index in [9.17, 15) is 0 Å². The number of nitrogens with two attached hydrogens (primary N) is 1. The van der Waals surface area contributed by atoms with Crippen molar-refractivity contribution in [2.45, 2.75) is 45.7 Å². The van der Waals surface area contributed by atoms with Crippen LogP contribution < -0.4 is 5.73 Å². The molecule has 0 aromatic rings. The van der Waals surface area contributed by atoms with Crippen LogP contribution in [0.4, 0.5) is 0 Å². The lowest BCUT2D eigenvalue weighted by Crippen LogP contribution is -2.34. The highest BCUT2D eigenvalue weighted by atomic mass is 15.2. The molecule has 2 N–H and O–H groups in total. The lowest BCUT2D eigenvalue weighted by molar-refractivity contribution is 0.222. The van der Waals surface area contributed by atoms with E-state index >= 15 is 0 Å². The molecule has 0 bridgehead atoms. The van der Waals surface area contributed by atoms with Crippen LogP contribution in [0.3, 0.4) is 0 Å². The maximum absolute atomic E-state index is 5.97. The van der Waals surface area contributed by atoms with Gasteiger partial charge in [-0.05, 0) is 18.8 Å². The van der Waals surface area contributed by atoms with E-state index in [0.29, 0.717) is 12.0 Å². The number of nitrogens with zero attached hydrogens (tertiary/aromatic N) is 1. The summed E-state index contributed by atoms with van der Waals surface area (Å²) in [5.41, 5.74) is 5.97. The van der Waals surface area contributed by atoms with Crippen LogP contribution in [-0.2, 0) is 0 Å². The molecular formula is C10H22N2. The van der Waals surface area contributed by atoms with E-state index in [1.807, 2.05) is 0 Å². The number of likely N-dealkylation sites (tertiary alicyclic amines) is 1. The first-order chi connectivity index (χ1) is 5.69. The van der Waals surface area contributed by atoms with Crippen molar-refractivity contribution in [2.75, 3.05) is 13.1 Å². The minimum atomic E-state index is 0.408. The molecule has 0 saturated carbocycles. The molecule has 0 radical (unpaired) electrons. The average molecular weight is 170 g/mol. The summed E-state index contributed by atoms with van der Waals surface area (Å²) in [5.74, 6) is 0.686. The Morgan fingerprint density at radius 1 is 1.33 bits per heavy atom. The highest BCUT2D eigenvalue weighted by Gasteiger charge is 2.29. The van der Waals surface area contributed by atoms with Crippen LogP contribution >= 0.6 is 0 Å². The Morgan fingerprint density at radius 2 is 1.92 bits per heavy atom. The Morgan fingerprint density at radius 3 is 2.25 bits per heavy atom. The molecule has 0 aliphatic carbocycles. The van der Waals surface area contributed by atoms with Gasteiger partial charge in [-0.15, -0.1) is 0 Å². The largest absolute Gasteiger partial charge is 0.326 e. The summed E-state index contributed by atoms with van der Waals surface area (Å²) in [7, 11) is 0. The fraction of sp³-hybridized carbons (Fsp3) is 1.00. The highest BCUT2D eigenvalue weighted by molar-refractivity contribution is 4.87. The van der Waals surface area contributed by atoms with Crippen LogP contribution in [0.1, 0.15) is 33.6 Å². The van der Waals surface area contributed by atoms with Crippen LogP contribution in [0.15, 0.2) is 0 Å². The second-order valence-corrected chi connectivity index (χ2v) is 4.07. The van der Waals surface area contributed by atoms with Gasteiger partial charge in [0.1, 0.15) is 0 Å². The molecule has 2 unspecified atom stereocenters. The second kappa shape index (κ2) is 4.24. The van der Waals surface area contributed by atoms with Gasteiger partial charge in [0, 0.05) is 25.2 Å². The summed E-state index contributed by atoms with van der Waals surface area (Å²) in [6, 6.07) is 1.17. The Bertz CT molecular complexity index is 122. The molecule has 1 saturated heterocycles. The Labute approximate surface area is 76.1 Å². The predicted octanol–water partition coefficient (Wildman–Crippen LogP) is 1.45. The third kappa shape index (κ3) is 1.99. The standard InChI is InChI=1S/C10H22N2/c1-4-9(5-2)12-6-8(3)10(11)7-12/h8-10H,4-7,11H2,1-3H3. The van der Waals surface area contributed by atoms with Crippen molar-refractivity contribution in [3.8, 4) is 0 Å². The molecular weight excluding hydrogens is 148 g/mol. The van der Waals surface area contributed by atoms with Crippen LogP contribution in [0, 0.1) is 5.92 Å². The monoisotopic (exact) mass is 170 g/mol. The van der Waals surface area contributed by atoms with E-state index in [4.69, 9.17) is 5.73 Å². The van der Waals surface area contributed by atoms with Gasteiger partial charge in [0.05, 0.1) is 0 Å². The average Bonchev–Trinajstić information content (AvgIpc) is 2.35. The van der Waals surface area contributed by atoms with Gasteiger partial charge in [0.2, 0.25) is 0 Å². The second-order valence-electron chi connectivity index (χ2n) is 4.07. The Hall–Kier alpha value is -0.0800. The van der Waals surface area contributed by atoms with E-state index in [0.717, 1.165) is 12.6 Å². The van der Waals surface area contributed by atoms with Gasteiger partial charge in [-0.1, -0.05) is 20.8 Å². The van der Waals surface area contributed by atoms with Crippen molar-refractivity contribution in [1.29, 1.82) is 0 Å². The van der Waals surface area contributed by atoms with Crippen LogP contribution in [0.25, 0.3) is 0 Å². The molecule has 2 heteroatoms. The maximum atomic E-state index is 5.97. The molecule has 1 rings (SSSR count). The quantitative estimate of drug-likeness (QED) is 0.694. The zero-order chi connectivity index (χ0) is 9.14. The Kier molecular flexibility index (Phi) is 3.53. The molecule has 1 fully saturated rings. The molecule has 1 heterocycles. The zero-order valence-electron chi connectivity index (χ0n) is 8.59. The van der Waals surface area contributed by atoms with E-state index in [2.05, 4.69) is 25.7 Å². The van der Waals surface area contributed by atoms with Crippen LogP contribution in [0.5, 0.6) is 0 Å². The number of hydrogen-bond acceptors (Lipinski definition) is 2. The topological polar surface area (TPSA) is 29.3 Å². The normalized spacial score (nSPS) is 31.8. The minimum Gasteiger partial charge on any atom is -0.326 e. The summed E-state index contributed by atoms with van der Waals surface area (Å²) < 4.78 is 0. The summed E-state index contributed by atoms with van der Waals surface area (Å²) in [6.07, 6.45) is 2.52. The van der Waals surface area contributed by atoms with Crippen molar-refractivity contribution in [3.05, 3.63) is 0 Å². The fourth-order valence-electron chi connectivity index (χ4n) is 2.13. The van der Waals surface area contributed by atoms with Gasteiger partial charge in [-0.2, -0.15) is 0 Å².